The number of carbonyl (C=O) groups is 3. The van der Waals surface area contributed by atoms with Crippen LogP contribution in [0.5, 0.6) is 0 Å². The van der Waals surface area contributed by atoms with Crippen LogP contribution in [0.2, 0.25) is 4.34 Å². The van der Waals surface area contributed by atoms with Crippen molar-refractivity contribution < 1.29 is 27.2 Å². The van der Waals surface area contributed by atoms with Crippen molar-refractivity contribution in [3.8, 4) is 0 Å². The van der Waals surface area contributed by atoms with Crippen LogP contribution in [-0.4, -0.2) is 54.5 Å². The zero-order valence-electron chi connectivity index (χ0n) is 17.9. The Bertz CT molecular complexity index is 1300. The number of nitrogens with zero attached hydrogens (tertiary/aromatic N) is 2. The summed E-state index contributed by atoms with van der Waals surface area (Å²) in [5.41, 5.74) is 1.57. The van der Waals surface area contributed by atoms with Gasteiger partial charge in [-0.3, -0.25) is 19.7 Å². The van der Waals surface area contributed by atoms with E-state index in [0.717, 1.165) is 11.3 Å². The second kappa shape index (κ2) is 8.71. The van der Waals surface area contributed by atoms with Crippen molar-refractivity contribution in [2.24, 2.45) is 0 Å². The van der Waals surface area contributed by atoms with Crippen molar-refractivity contribution in [3.05, 3.63) is 51.1 Å². The van der Waals surface area contributed by atoms with Gasteiger partial charge in [0, 0.05) is 31.6 Å². The number of amides is 3. The normalized spacial score (nSPS) is 22.2. The number of hydrogen-bond donors (Lipinski definition) is 1. The van der Waals surface area contributed by atoms with Gasteiger partial charge in [0.2, 0.25) is 11.8 Å². The van der Waals surface area contributed by atoms with Crippen LogP contribution in [0.25, 0.3) is 0 Å². The molecule has 4 heterocycles. The quantitative estimate of drug-likeness (QED) is 0.618. The fourth-order valence-corrected chi connectivity index (χ4v) is 8.09. The van der Waals surface area contributed by atoms with Gasteiger partial charge in [0.25, 0.3) is 15.9 Å². The van der Waals surface area contributed by atoms with Crippen LogP contribution >= 0.6 is 22.9 Å². The summed E-state index contributed by atoms with van der Waals surface area (Å²) in [7, 11) is -3.65. The average Bonchev–Trinajstić information content (AvgIpc) is 3.38. The van der Waals surface area contributed by atoms with Crippen molar-refractivity contribution in [1.82, 2.24) is 14.5 Å². The molecule has 34 heavy (non-hydrogen) atoms. The second-order valence-electron chi connectivity index (χ2n) is 8.66. The lowest BCUT2D eigenvalue weighted by Gasteiger charge is -2.32. The van der Waals surface area contributed by atoms with Gasteiger partial charge in [0.15, 0.2) is 0 Å². The lowest BCUT2D eigenvalue weighted by atomic mass is 9.86. The Labute approximate surface area is 204 Å². The molecule has 2 saturated heterocycles. The van der Waals surface area contributed by atoms with E-state index < -0.39 is 33.7 Å². The van der Waals surface area contributed by atoms with Gasteiger partial charge >= 0.3 is 0 Å². The predicted octanol–water partition coefficient (Wildman–Crippen LogP) is 2.87. The van der Waals surface area contributed by atoms with Crippen LogP contribution in [0, 0.1) is 5.82 Å². The van der Waals surface area contributed by atoms with Crippen molar-refractivity contribution in [3.63, 3.8) is 0 Å². The van der Waals surface area contributed by atoms with E-state index in [4.69, 9.17) is 11.6 Å². The van der Waals surface area contributed by atoms with E-state index in [1.807, 2.05) is 0 Å². The first-order chi connectivity index (χ1) is 16.1. The minimum atomic E-state index is -3.65. The molecule has 0 saturated carbocycles. The van der Waals surface area contributed by atoms with E-state index in [0.29, 0.717) is 28.3 Å². The molecule has 3 amide bonds. The predicted molar refractivity (Wildman–Crippen MR) is 123 cm³/mol. The number of rotatable bonds is 4. The van der Waals surface area contributed by atoms with E-state index in [1.54, 1.807) is 6.07 Å². The van der Waals surface area contributed by atoms with Gasteiger partial charge in [-0.2, -0.15) is 4.31 Å². The second-order valence-corrected chi connectivity index (χ2v) is 12.5. The number of carbonyl (C=O) groups excluding carboxylic acids is 3. The van der Waals surface area contributed by atoms with Crippen LogP contribution in [-0.2, 0) is 26.2 Å². The molecule has 2 fully saturated rings. The molecular weight excluding hydrogens is 505 g/mol. The van der Waals surface area contributed by atoms with Gasteiger partial charge in [-0.1, -0.05) is 11.6 Å². The Morgan fingerprint density at radius 2 is 1.82 bits per heavy atom. The van der Waals surface area contributed by atoms with Gasteiger partial charge in [-0.15, -0.1) is 11.3 Å². The fraction of sp³-hybridized carbons (Fsp3) is 0.409. The first-order valence-electron chi connectivity index (χ1n) is 10.9. The molecule has 0 spiro atoms. The van der Waals surface area contributed by atoms with Crippen molar-refractivity contribution in [2.75, 3.05) is 13.1 Å². The van der Waals surface area contributed by atoms with Crippen molar-refractivity contribution >= 4 is 50.7 Å². The number of halogens is 2. The smallest absolute Gasteiger partial charge is 0.255 e. The topological polar surface area (TPSA) is 104 Å². The fourth-order valence-electron chi connectivity index (χ4n) is 4.99. The molecule has 180 valence electrons. The first kappa shape index (κ1) is 23.4. The first-order valence-corrected chi connectivity index (χ1v) is 13.5. The van der Waals surface area contributed by atoms with Crippen molar-refractivity contribution in [2.45, 2.75) is 48.4 Å². The number of piperidine rings is 2. The SMILES string of the molecule is O=C1CCC(N2Cc3c(cc(F)cc3C3CCN(S(=O)(=O)c4ccc(Cl)s4)CC3)C2=O)C(=O)N1. The summed E-state index contributed by atoms with van der Waals surface area (Å²) in [6, 6.07) is 4.86. The Kier molecular flexibility index (Phi) is 5.99. The lowest BCUT2D eigenvalue weighted by Crippen LogP contribution is -2.52. The Morgan fingerprint density at radius 3 is 2.47 bits per heavy atom. The van der Waals surface area contributed by atoms with Crippen LogP contribution in [0.4, 0.5) is 4.39 Å². The van der Waals surface area contributed by atoms with Gasteiger partial charge in [-0.25, -0.2) is 12.8 Å². The van der Waals surface area contributed by atoms with E-state index in [9.17, 15) is 27.2 Å². The minimum Gasteiger partial charge on any atom is -0.322 e. The molecule has 3 aliphatic heterocycles. The van der Waals surface area contributed by atoms with Crippen molar-refractivity contribution in [1.29, 1.82) is 0 Å². The molecular formula is C22H21ClFN3O5S2. The Morgan fingerprint density at radius 1 is 1.09 bits per heavy atom. The zero-order valence-corrected chi connectivity index (χ0v) is 20.3. The number of imide groups is 1. The largest absolute Gasteiger partial charge is 0.322 e. The molecule has 8 nitrogen and oxygen atoms in total. The number of sulfonamides is 1. The molecule has 0 bridgehead atoms. The maximum atomic E-state index is 14.5. The average molecular weight is 526 g/mol. The summed E-state index contributed by atoms with van der Waals surface area (Å²) in [4.78, 5) is 38.3. The molecule has 1 unspecified atom stereocenters. The van der Waals surface area contributed by atoms with Gasteiger partial charge in [-0.05, 0) is 60.6 Å². The third-order valence-electron chi connectivity index (χ3n) is 6.69. The number of benzene rings is 1. The van der Waals surface area contributed by atoms with Crippen LogP contribution in [0.3, 0.4) is 0 Å². The molecule has 2 aromatic rings. The Hall–Kier alpha value is -2.34. The highest BCUT2D eigenvalue weighted by atomic mass is 35.5. The summed E-state index contributed by atoms with van der Waals surface area (Å²) < 4.78 is 42.3. The van der Waals surface area contributed by atoms with Crippen LogP contribution in [0.15, 0.2) is 28.5 Å². The summed E-state index contributed by atoms with van der Waals surface area (Å²) in [6.45, 7) is 0.680. The molecule has 0 aliphatic carbocycles. The van der Waals surface area contributed by atoms with E-state index in [2.05, 4.69) is 5.32 Å². The molecule has 1 aromatic heterocycles. The number of hydrogen-bond acceptors (Lipinski definition) is 6. The Balaban J connectivity index is 1.36. The number of fused-ring (bicyclic) bond motifs is 1. The van der Waals surface area contributed by atoms with Gasteiger partial charge in [0.05, 0.1) is 4.34 Å². The van der Waals surface area contributed by atoms with E-state index in [1.165, 1.54) is 27.4 Å². The third kappa shape index (κ3) is 4.04. The summed E-state index contributed by atoms with van der Waals surface area (Å²) in [5, 5.41) is 2.26. The monoisotopic (exact) mass is 525 g/mol. The maximum absolute atomic E-state index is 14.5. The molecule has 1 atom stereocenters. The third-order valence-corrected chi connectivity index (χ3v) is 10.3. The number of thiophene rings is 1. The molecule has 12 heteroatoms. The van der Waals surface area contributed by atoms with Gasteiger partial charge < -0.3 is 4.90 Å². The van der Waals surface area contributed by atoms with E-state index in [-0.39, 0.29) is 54.1 Å². The maximum Gasteiger partial charge on any atom is 0.255 e. The highest BCUT2D eigenvalue weighted by Gasteiger charge is 2.41. The van der Waals surface area contributed by atoms with Gasteiger partial charge in [0.1, 0.15) is 16.1 Å². The zero-order chi connectivity index (χ0) is 24.2. The van der Waals surface area contributed by atoms with Crippen LogP contribution in [0.1, 0.15) is 53.1 Å². The molecule has 1 N–H and O–H groups in total. The van der Waals surface area contributed by atoms with E-state index >= 15 is 0 Å². The minimum absolute atomic E-state index is 0.127. The summed E-state index contributed by atoms with van der Waals surface area (Å²) in [5.74, 6) is -2.00. The lowest BCUT2D eigenvalue weighted by molar-refractivity contribution is -0.136. The molecule has 3 aliphatic rings. The summed E-state index contributed by atoms with van der Waals surface area (Å²) in [6.07, 6.45) is 1.31. The number of nitrogens with one attached hydrogen (secondary N) is 1. The molecule has 0 radical (unpaired) electrons. The molecule has 1 aromatic carbocycles. The highest BCUT2D eigenvalue weighted by Crippen LogP contribution is 2.39. The summed E-state index contributed by atoms with van der Waals surface area (Å²) >= 11 is 6.91. The highest BCUT2D eigenvalue weighted by molar-refractivity contribution is 7.91. The molecule has 5 rings (SSSR count). The standard InChI is InChI=1S/C22H21ClFN3O5S2/c23-18-2-4-20(33-18)34(31,32)26-7-5-12(6-8-26)14-9-13(24)10-15-16(14)11-27(22(15)30)17-1-3-19(28)25-21(17)29/h2,4,9-10,12,17H,1,3,5-8,11H2,(H,25,28,29). The van der Waals surface area contributed by atoms with Crippen LogP contribution < -0.4 is 5.32 Å².